The summed E-state index contributed by atoms with van der Waals surface area (Å²) in [5, 5.41) is 36.1. The van der Waals surface area contributed by atoms with Crippen LogP contribution in [-0.4, -0.2) is 60.5 Å². The molecule has 3 atom stereocenters. The number of nitrogens with one attached hydrogen (secondary N) is 2. The molecule has 2 aliphatic rings. The second-order valence-electron chi connectivity index (χ2n) is 14.2. The minimum absolute atomic E-state index is 0.0658. The number of fused-ring (bicyclic) bond motifs is 6. The highest BCUT2D eigenvalue weighted by Crippen LogP contribution is 2.53. The maximum absolute atomic E-state index is 11.2. The molecule has 0 amide bonds. The van der Waals surface area contributed by atoms with Crippen LogP contribution in [0, 0.1) is 0 Å². The first-order chi connectivity index (χ1) is 26.4. The van der Waals surface area contributed by atoms with Crippen molar-refractivity contribution in [3.05, 3.63) is 136 Å². The fourth-order valence-corrected chi connectivity index (χ4v) is 8.28. The minimum Gasteiger partial charge on any atom is -0.508 e. The Balaban J connectivity index is 1.21. The Labute approximate surface area is 315 Å². The molecule has 6 aromatic rings. The van der Waals surface area contributed by atoms with E-state index in [2.05, 4.69) is 46.7 Å². The molecule has 0 saturated carbocycles. The van der Waals surface area contributed by atoms with Crippen LogP contribution < -0.4 is 19.5 Å². The third kappa shape index (κ3) is 6.98. The highest BCUT2D eigenvalue weighted by atomic mass is 16.6. The first-order valence-electron chi connectivity index (χ1n) is 18.6. The molecule has 5 N–H and O–H groups in total. The number of phenolic OH excluding ortho intramolecular Hbond substituents is 2. The van der Waals surface area contributed by atoms with E-state index in [4.69, 9.17) is 18.9 Å². The number of aryl methyl sites for hydroxylation is 2. The van der Waals surface area contributed by atoms with E-state index in [0.29, 0.717) is 43.2 Å². The lowest BCUT2D eigenvalue weighted by Gasteiger charge is -2.38. The second-order valence-corrected chi connectivity index (χ2v) is 14.2. The van der Waals surface area contributed by atoms with Crippen molar-refractivity contribution in [2.75, 3.05) is 34.1 Å². The molecule has 9 nitrogen and oxygen atoms in total. The van der Waals surface area contributed by atoms with E-state index in [9.17, 15) is 15.3 Å². The summed E-state index contributed by atoms with van der Waals surface area (Å²) in [7, 11) is 3.42. The largest absolute Gasteiger partial charge is 0.508 e. The van der Waals surface area contributed by atoms with Crippen molar-refractivity contribution in [2.45, 2.75) is 50.2 Å². The Morgan fingerprint density at radius 1 is 0.870 bits per heavy atom. The van der Waals surface area contributed by atoms with Crippen molar-refractivity contribution >= 4 is 10.9 Å². The van der Waals surface area contributed by atoms with Gasteiger partial charge in [-0.25, -0.2) is 0 Å². The van der Waals surface area contributed by atoms with E-state index in [1.807, 2.05) is 61.8 Å². The summed E-state index contributed by atoms with van der Waals surface area (Å²) in [6.07, 6.45) is 4.48. The highest BCUT2D eigenvalue weighted by molar-refractivity contribution is 5.83. The Kier molecular flexibility index (Phi) is 10.2. The molecule has 1 aromatic heterocycles. The lowest BCUT2D eigenvalue weighted by molar-refractivity contribution is -0.0429. The van der Waals surface area contributed by atoms with E-state index < -0.39 is 6.10 Å². The molecule has 0 unspecified atom stereocenters. The van der Waals surface area contributed by atoms with Gasteiger partial charge in [0.15, 0.2) is 17.6 Å². The average molecular weight is 727 g/mol. The van der Waals surface area contributed by atoms with Gasteiger partial charge in [0.05, 0.1) is 20.4 Å². The predicted octanol–water partition coefficient (Wildman–Crippen LogP) is 7.53. The number of benzene rings is 5. The first kappa shape index (κ1) is 35.5. The fraction of sp³-hybridized carbons (Fsp3) is 0.289. The monoisotopic (exact) mass is 726 g/mol. The van der Waals surface area contributed by atoms with Gasteiger partial charge in [0, 0.05) is 35.3 Å². The Bertz CT molecular complexity index is 2270. The molecule has 0 bridgehead atoms. The van der Waals surface area contributed by atoms with Crippen LogP contribution in [0.25, 0.3) is 22.0 Å². The molecular formula is C45H46N2O7. The van der Waals surface area contributed by atoms with E-state index in [-0.39, 0.29) is 36.7 Å². The van der Waals surface area contributed by atoms with Gasteiger partial charge in [-0.2, -0.15) is 0 Å². The molecule has 0 radical (unpaired) electrons. The number of methoxy groups -OCH3 is 1. The third-order valence-corrected chi connectivity index (χ3v) is 10.8. The van der Waals surface area contributed by atoms with Crippen LogP contribution in [0.1, 0.15) is 51.0 Å². The number of rotatable bonds is 13. The lowest BCUT2D eigenvalue weighted by atomic mass is 9.73. The number of hydrogen-bond donors (Lipinski definition) is 5. The highest BCUT2D eigenvalue weighted by Gasteiger charge is 2.39. The van der Waals surface area contributed by atoms with Gasteiger partial charge >= 0.3 is 0 Å². The minimum atomic E-state index is -0.517. The summed E-state index contributed by atoms with van der Waals surface area (Å²) in [6.45, 7) is 0.305. The number of phenols is 2. The molecule has 1 aliphatic carbocycles. The molecule has 9 heteroatoms. The first-order valence-corrected chi connectivity index (χ1v) is 18.6. The van der Waals surface area contributed by atoms with Gasteiger partial charge in [0.2, 0.25) is 0 Å². The molecular weight excluding hydrogens is 681 g/mol. The second kappa shape index (κ2) is 15.5. The molecule has 8 rings (SSSR count). The topological polar surface area (TPSA) is 125 Å². The van der Waals surface area contributed by atoms with Crippen LogP contribution >= 0.6 is 0 Å². The standard InChI is InChI=1S/C45H46N2O7/c1-46-26-53-42-24-36-37-21-31(19-28-9-13-38-29(18-28)14-15-47-38)35-23-33(49)11-12-34(35)43(37)40(52-17-16-48)25-39(36)54-45(42)32-20-30(44(50)41(22-32)51-2)10-8-27-6-4-3-5-7-27/h3-7,9,11-15,18,20,22-23,25,31,42,45-50H,8,10,16-17,19,21,24,26H2,1-2H3/t31-,42-,45-/m1/s1. The normalized spacial score (nSPS) is 17.4. The zero-order chi connectivity index (χ0) is 37.2. The number of aromatic amines is 1. The quantitative estimate of drug-likeness (QED) is 0.0774. The summed E-state index contributed by atoms with van der Waals surface area (Å²) in [5.41, 5.74) is 10.3. The van der Waals surface area contributed by atoms with Crippen molar-refractivity contribution in [2.24, 2.45) is 0 Å². The number of H-pyrrole nitrogens is 1. The molecule has 0 fully saturated rings. The number of aromatic hydroxyl groups is 2. The van der Waals surface area contributed by atoms with Gasteiger partial charge < -0.3 is 39.3 Å². The van der Waals surface area contributed by atoms with Crippen LogP contribution in [-0.2, 0) is 36.8 Å². The number of aliphatic hydroxyl groups is 1. The fourth-order valence-electron chi connectivity index (χ4n) is 8.28. The summed E-state index contributed by atoms with van der Waals surface area (Å²) in [6, 6.07) is 30.2. The number of aliphatic hydroxyl groups excluding tert-OH is 1. The SMILES string of the molecule is CNCO[C@@H]1Cc2c(cc(OCCO)c3c2C[C@@H](Cc2ccc4[nH]ccc4c2)c2cc(O)ccc2-3)O[C@@H]1c1cc(CCc2ccccc2)c(O)c(OC)c1. The zero-order valence-corrected chi connectivity index (χ0v) is 30.6. The molecule has 1 aliphatic heterocycles. The van der Waals surface area contributed by atoms with Crippen molar-refractivity contribution in [1.82, 2.24) is 10.3 Å². The summed E-state index contributed by atoms with van der Waals surface area (Å²) in [5.74, 6) is 2.12. The third-order valence-electron chi connectivity index (χ3n) is 10.8. The number of aromatic nitrogens is 1. The van der Waals surface area contributed by atoms with Crippen molar-refractivity contribution in [3.63, 3.8) is 0 Å². The molecule has 0 saturated heterocycles. The van der Waals surface area contributed by atoms with Gasteiger partial charge in [-0.05, 0) is 125 Å². The van der Waals surface area contributed by atoms with Gasteiger partial charge in [0.25, 0.3) is 0 Å². The smallest absolute Gasteiger partial charge is 0.161 e. The van der Waals surface area contributed by atoms with Crippen LogP contribution in [0.5, 0.6) is 28.7 Å². The molecule has 54 heavy (non-hydrogen) atoms. The van der Waals surface area contributed by atoms with Gasteiger partial charge in [-0.3, -0.25) is 5.32 Å². The molecule has 2 heterocycles. The maximum atomic E-state index is 11.2. The van der Waals surface area contributed by atoms with Gasteiger partial charge in [0.1, 0.15) is 30.0 Å². The predicted molar refractivity (Wildman–Crippen MR) is 209 cm³/mol. The van der Waals surface area contributed by atoms with E-state index >= 15 is 0 Å². The van der Waals surface area contributed by atoms with Crippen molar-refractivity contribution in [1.29, 1.82) is 0 Å². The lowest BCUT2D eigenvalue weighted by Crippen LogP contribution is -2.36. The van der Waals surface area contributed by atoms with Crippen LogP contribution in [0.4, 0.5) is 0 Å². The van der Waals surface area contributed by atoms with E-state index in [1.54, 1.807) is 13.2 Å². The van der Waals surface area contributed by atoms with Crippen LogP contribution in [0.15, 0.2) is 97.2 Å². The Hall–Kier alpha value is -5.48. The summed E-state index contributed by atoms with van der Waals surface area (Å²) in [4.78, 5) is 3.29. The van der Waals surface area contributed by atoms with Crippen molar-refractivity contribution in [3.8, 4) is 39.9 Å². The maximum Gasteiger partial charge on any atom is 0.161 e. The number of ether oxygens (including phenoxy) is 4. The molecule has 278 valence electrons. The summed E-state index contributed by atoms with van der Waals surface area (Å²) >= 11 is 0. The Morgan fingerprint density at radius 3 is 2.56 bits per heavy atom. The average Bonchev–Trinajstić information content (AvgIpc) is 3.67. The van der Waals surface area contributed by atoms with Crippen molar-refractivity contribution < 1.29 is 34.3 Å². The molecule has 5 aromatic carbocycles. The van der Waals surface area contributed by atoms with E-state index in [0.717, 1.165) is 62.7 Å². The Morgan fingerprint density at radius 2 is 1.74 bits per heavy atom. The van der Waals surface area contributed by atoms with E-state index in [1.165, 1.54) is 11.1 Å². The number of hydrogen-bond acceptors (Lipinski definition) is 8. The molecule has 0 spiro atoms. The van der Waals surface area contributed by atoms with Gasteiger partial charge in [-0.15, -0.1) is 0 Å². The zero-order valence-electron chi connectivity index (χ0n) is 30.6. The van der Waals surface area contributed by atoms with Crippen LogP contribution in [0.2, 0.25) is 0 Å². The van der Waals surface area contributed by atoms with Crippen LogP contribution in [0.3, 0.4) is 0 Å². The summed E-state index contributed by atoms with van der Waals surface area (Å²) < 4.78 is 25.5. The van der Waals surface area contributed by atoms with Gasteiger partial charge in [-0.1, -0.05) is 42.5 Å².